The average Bonchev–Trinajstić information content (AvgIpc) is 3.38. The van der Waals surface area contributed by atoms with Gasteiger partial charge in [0.2, 0.25) is 0 Å². The van der Waals surface area contributed by atoms with E-state index in [1.165, 1.54) is 0 Å². The summed E-state index contributed by atoms with van der Waals surface area (Å²) in [5.74, 6) is 1.61. The van der Waals surface area contributed by atoms with Crippen LogP contribution in [0.2, 0.25) is 0 Å². The van der Waals surface area contributed by atoms with Crippen molar-refractivity contribution in [3.05, 3.63) is 65.6 Å². The van der Waals surface area contributed by atoms with E-state index in [0.29, 0.717) is 36.6 Å². The van der Waals surface area contributed by atoms with Crippen LogP contribution < -0.4 is 10.2 Å². The van der Waals surface area contributed by atoms with Crippen molar-refractivity contribution < 1.29 is 4.79 Å². The molecule has 8 heteroatoms. The minimum Gasteiger partial charge on any atom is -0.356 e. The van der Waals surface area contributed by atoms with Crippen LogP contribution in [0, 0.1) is 11.3 Å². The summed E-state index contributed by atoms with van der Waals surface area (Å²) in [7, 11) is 0. The molecule has 0 bridgehead atoms. The van der Waals surface area contributed by atoms with E-state index in [9.17, 15) is 4.79 Å². The molecule has 160 valence electrons. The summed E-state index contributed by atoms with van der Waals surface area (Å²) < 4.78 is 0. The van der Waals surface area contributed by atoms with Gasteiger partial charge in [0.15, 0.2) is 5.82 Å². The molecular formula is C24H23N7O. The molecule has 2 aliphatic heterocycles. The Morgan fingerprint density at radius 2 is 1.97 bits per heavy atom. The molecule has 0 radical (unpaired) electrons. The number of benzene rings is 1. The first-order valence-corrected chi connectivity index (χ1v) is 10.8. The highest BCUT2D eigenvalue weighted by atomic mass is 16.2. The Bertz CT molecular complexity index is 1180. The average molecular weight is 425 g/mol. The van der Waals surface area contributed by atoms with Gasteiger partial charge in [-0.3, -0.25) is 4.98 Å². The number of nitrogens with zero attached hydrogens (tertiary/aromatic N) is 6. The molecule has 0 aliphatic carbocycles. The van der Waals surface area contributed by atoms with Crippen LogP contribution >= 0.6 is 0 Å². The van der Waals surface area contributed by atoms with Crippen molar-refractivity contribution >= 4 is 17.5 Å². The predicted octanol–water partition coefficient (Wildman–Crippen LogP) is 3.60. The highest BCUT2D eigenvalue weighted by Gasteiger charge is 2.29. The Labute approximate surface area is 186 Å². The number of nitriles is 1. The molecule has 0 atom stereocenters. The van der Waals surface area contributed by atoms with Crippen molar-refractivity contribution in [2.75, 3.05) is 29.9 Å². The van der Waals surface area contributed by atoms with Crippen LogP contribution in [0.1, 0.15) is 29.7 Å². The number of carbonyl (C=O) groups is 1. The maximum atomic E-state index is 13.0. The topological polar surface area (TPSA) is 98.0 Å². The van der Waals surface area contributed by atoms with Crippen molar-refractivity contribution in [1.29, 1.82) is 5.26 Å². The first-order valence-electron chi connectivity index (χ1n) is 10.8. The number of urea groups is 1. The Morgan fingerprint density at radius 1 is 1.09 bits per heavy atom. The minimum absolute atomic E-state index is 0.186. The van der Waals surface area contributed by atoms with Crippen molar-refractivity contribution in [2.24, 2.45) is 0 Å². The minimum atomic E-state index is -0.186. The van der Waals surface area contributed by atoms with Crippen molar-refractivity contribution in [1.82, 2.24) is 19.9 Å². The van der Waals surface area contributed by atoms with E-state index in [0.717, 1.165) is 48.6 Å². The van der Waals surface area contributed by atoms with E-state index in [2.05, 4.69) is 21.3 Å². The molecule has 0 saturated carbocycles. The van der Waals surface area contributed by atoms with Crippen LogP contribution in [0.3, 0.4) is 0 Å². The van der Waals surface area contributed by atoms with E-state index < -0.39 is 0 Å². The molecule has 2 amide bonds. The van der Waals surface area contributed by atoms with E-state index in [4.69, 9.17) is 15.2 Å². The number of fused-ring (bicyclic) bond motifs is 1. The van der Waals surface area contributed by atoms with Gasteiger partial charge >= 0.3 is 6.03 Å². The van der Waals surface area contributed by atoms with Crippen molar-refractivity contribution in [3.63, 3.8) is 0 Å². The van der Waals surface area contributed by atoms with Crippen molar-refractivity contribution in [3.8, 4) is 17.5 Å². The molecule has 0 unspecified atom stereocenters. The van der Waals surface area contributed by atoms with Crippen LogP contribution in [-0.2, 0) is 13.0 Å². The smallest absolute Gasteiger partial charge is 0.322 e. The predicted molar refractivity (Wildman–Crippen MR) is 121 cm³/mol. The second kappa shape index (κ2) is 8.63. The third-order valence-corrected chi connectivity index (χ3v) is 5.89. The number of hydrogen-bond acceptors (Lipinski definition) is 6. The Hall–Kier alpha value is -3.99. The summed E-state index contributed by atoms with van der Waals surface area (Å²) >= 11 is 0. The van der Waals surface area contributed by atoms with E-state index in [1.54, 1.807) is 41.6 Å². The molecule has 8 nitrogen and oxygen atoms in total. The number of anilines is 2. The molecule has 2 aromatic heterocycles. The van der Waals surface area contributed by atoms with Gasteiger partial charge in [0.1, 0.15) is 5.82 Å². The number of carbonyl (C=O) groups excluding carboxylic acids is 1. The number of pyridine rings is 1. The van der Waals surface area contributed by atoms with Gasteiger partial charge < -0.3 is 15.1 Å². The summed E-state index contributed by atoms with van der Waals surface area (Å²) in [4.78, 5) is 31.0. The third kappa shape index (κ3) is 3.97. The number of hydrogen-bond donors (Lipinski definition) is 1. The van der Waals surface area contributed by atoms with Gasteiger partial charge in [-0.2, -0.15) is 5.26 Å². The van der Waals surface area contributed by atoms with E-state index in [-0.39, 0.29) is 6.03 Å². The second-order valence-electron chi connectivity index (χ2n) is 8.03. The molecule has 1 aromatic carbocycles. The van der Waals surface area contributed by atoms with Gasteiger partial charge in [-0.25, -0.2) is 14.8 Å². The molecule has 1 saturated heterocycles. The zero-order chi connectivity index (χ0) is 21.9. The maximum Gasteiger partial charge on any atom is 0.322 e. The molecule has 1 N–H and O–H groups in total. The molecule has 3 aromatic rings. The van der Waals surface area contributed by atoms with E-state index in [1.807, 2.05) is 12.1 Å². The van der Waals surface area contributed by atoms with Gasteiger partial charge in [0.05, 0.1) is 23.9 Å². The molecule has 0 spiro atoms. The molecule has 4 heterocycles. The summed E-state index contributed by atoms with van der Waals surface area (Å²) in [6.07, 6.45) is 6.47. The van der Waals surface area contributed by atoms with Crippen LogP contribution in [0.4, 0.5) is 16.3 Å². The van der Waals surface area contributed by atoms with Gasteiger partial charge in [-0.1, -0.05) is 6.07 Å². The van der Waals surface area contributed by atoms with Crippen molar-refractivity contribution in [2.45, 2.75) is 25.8 Å². The van der Waals surface area contributed by atoms with E-state index >= 15 is 0 Å². The third-order valence-electron chi connectivity index (χ3n) is 5.89. The summed E-state index contributed by atoms with van der Waals surface area (Å²) in [5, 5.41) is 12.0. The Balaban J connectivity index is 1.44. The lowest BCUT2D eigenvalue weighted by atomic mass is 10.1. The molecule has 32 heavy (non-hydrogen) atoms. The Morgan fingerprint density at radius 3 is 2.75 bits per heavy atom. The number of amides is 2. The van der Waals surface area contributed by atoms with Gasteiger partial charge in [0.25, 0.3) is 0 Å². The van der Waals surface area contributed by atoms with Crippen LogP contribution in [0.25, 0.3) is 11.4 Å². The van der Waals surface area contributed by atoms with Gasteiger partial charge in [-0.05, 0) is 43.2 Å². The molecule has 2 aliphatic rings. The largest absolute Gasteiger partial charge is 0.356 e. The quantitative estimate of drug-likeness (QED) is 0.689. The fraction of sp³-hybridized carbons (Fsp3) is 0.292. The van der Waals surface area contributed by atoms with Crippen LogP contribution in [0.15, 0.2) is 48.8 Å². The van der Waals surface area contributed by atoms with Crippen LogP contribution in [-0.4, -0.2) is 45.5 Å². The SMILES string of the molecule is N#Cc1cccc(NC(=O)N2CCc3nc(-c4cccnc4)nc(N4CCCC4)c3C2)c1. The maximum absolute atomic E-state index is 13.0. The lowest BCUT2D eigenvalue weighted by molar-refractivity contribution is 0.206. The second-order valence-corrected chi connectivity index (χ2v) is 8.03. The number of aromatic nitrogens is 3. The highest BCUT2D eigenvalue weighted by Crippen LogP contribution is 2.31. The Kier molecular flexibility index (Phi) is 5.38. The lowest BCUT2D eigenvalue weighted by Crippen LogP contribution is -2.40. The fourth-order valence-corrected chi connectivity index (χ4v) is 4.25. The normalized spacial score (nSPS) is 15.2. The molecule has 1 fully saturated rings. The molecule has 5 rings (SSSR count). The first-order chi connectivity index (χ1) is 15.7. The zero-order valence-corrected chi connectivity index (χ0v) is 17.7. The molecular weight excluding hydrogens is 402 g/mol. The first kappa shape index (κ1) is 19.9. The lowest BCUT2D eigenvalue weighted by Gasteiger charge is -2.32. The standard InChI is InChI=1S/C24H23N7O/c25-14-17-5-3-7-19(13-17)27-24(32)31-12-8-21-20(16-31)23(30-10-1-2-11-30)29-22(28-21)18-6-4-9-26-15-18/h3-7,9,13,15H,1-2,8,10-12,16H2,(H,27,32). The summed E-state index contributed by atoms with van der Waals surface area (Å²) in [6, 6.07) is 12.7. The van der Waals surface area contributed by atoms with Gasteiger partial charge in [0, 0.05) is 55.3 Å². The summed E-state index contributed by atoms with van der Waals surface area (Å²) in [6.45, 7) is 2.95. The zero-order valence-electron chi connectivity index (χ0n) is 17.7. The van der Waals surface area contributed by atoms with Gasteiger partial charge in [-0.15, -0.1) is 0 Å². The number of nitrogens with one attached hydrogen (secondary N) is 1. The van der Waals surface area contributed by atoms with Crippen LogP contribution in [0.5, 0.6) is 0 Å². The highest BCUT2D eigenvalue weighted by molar-refractivity contribution is 5.89. The fourth-order valence-electron chi connectivity index (χ4n) is 4.25. The number of rotatable bonds is 3. The monoisotopic (exact) mass is 425 g/mol. The summed E-state index contributed by atoms with van der Waals surface area (Å²) in [5.41, 5.74) is 4.04.